The summed E-state index contributed by atoms with van der Waals surface area (Å²) in [5, 5.41) is 10.7. The lowest BCUT2D eigenvalue weighted by Gasteiger charge is -2.22. The van der Waals surface area contributed by atoms with Crippen LogP contribution in [0.1, 0.15) is 39.0 Å². The van der Waals surface area contributed by atoms with Gasteiger partial charge in [0, 0.05) is 17.0 Å². The Kier molecular flexibility index (Phi) is 5.14. The zero-order valence-corrected chi connectivity index (χ0v) is 9.22. The van der Waals surface area contributed by atoms with E-state index in [0.29, 0.717) is 17.0 Å². The van der Waals surface area contributed by atoms with Gasteiger partial charge in [0.2, 0.25) is 0 Å². The van der Waals surface area contributed by atoms with Gasteiger partial charge in [-0.15, -0.1) is 0 Å². The van der Waals surface area contributed by atoms with Crippen LogP contribution in [0, 0.1) is 0 Å². The first kappa shape index (κ1) is 11.3. The summed E-state index contributed by atoms with van der Waals surface area (Å²) in [5.41, 5.74) is 5.57. The highest BCUT2D eigenvalue weighted by Gasteiger charge is 2.23. The van der Waals surface area contributed by atoms with Gasteiger partial charge in [0.05, 0.1) is 6.10 Å². The standard InChI is InChI=1S/C10H21NOS/c1-8(7-11)13-10-6-4-2-3-5-9(10)12/h8-10,12H,2-7,11H2,1H3. The quantitative estimate of drug-likeness (QED) is 0.687. The van der Waals surface area contributed by atoms with E-state index in [1.54, 1.807) is 0 Å². The monoisotopic (exact) mass is 203 g/mol. The average molecular weight is 203 g/mol. The maximum Gasteiger partial charge on any atom is 0.0658 e. The average Bonchev–Trinajstić information content (AvgIpc) is 2.32. The number of nitrogens with two attached hydrogens (primary N) is 1. The zero-order valence-electron chi connectivity index (χ0n) is 8.41. The smallest absolute Gasteiger partial charge is 0.0658 e. The highest BCUT2D eigenvalue weighted by atomic mass is 32.2. The highest BCUT2D eigenvalue weighted by Crippen LogP contribution is 2.30. The second-order valence-electron chi connectivity index (χ2n) is 3.93. The Bertz CT molecular complexity index is 143. The van der Waals surface area contributed by atoms with Crippen molar-refractivity contribution in [2.45, 2.75) is 55.6 Å². The van der Waals surface area contributed by atoms with E-state index in [4.69, 9.17) is 5.73 Å². The molecule has 3 heteroatoms. The van der Waals surface area contributed by atoms with E-state index in [9.17, 15) is 5.11 Å². The molecular formula is C10H21NOS. The van der Waals surface area contributed by atoms with Crippen LogP contribution < -0.4 is 5.73 Å². The van der Waals surface area contributed by atoms with Crippen LogP contribution in [0.15, 0.2) is 0 Å². The van der Waals surface area contributed by atoms with Gasteiger partial charge in [-0.05, 0) is 12.8 Å². The molecule has 0 aliphatic heterocycles. The fraction of sp³-hybridized carbons (Fsp3) is 1.00. The number of thioether (sulfide) groups is 1. The van der Waals surface area contributed by atoms with E-state index >= 15 is 0 Å². The summed E-state index contributed by atoms with van der Waals surface area (Å²) < 4.78 is 0. The minimum Gasteiger partial charge on any atom is -0.392 e. The Labute approximate surface area is 85.3 Å². The summed E-state index contributed by atoms with van der Waals surface area (Å²) in [4.78, 5) is 0. The molecule has 0 amide bonds. The van der Waals surface area contributed by atoms with Gasteiger partial charge in [0.15, 0.2) is 0 Å². The molecule has 3 unspecified atom stereocenters. The van der Waals surface area contributed by atoms with E-state index in [2.05, 4.69) is 6.92 Å². The first-order chi connectivity index (χ1) is 6.24. The summed E-state index contributed by atoms with van der Waals surface area (Å²) in [5.74, 6) is 0. The fourth-order valence-corrected chi connectivity index (χ4v) is 3.09. The Morgan fingerprint density at radius 1 is 1.38 bits per heavy atom. The first-order valence-electron chi connectivity index (χ1n) is 5.27. The van der Waals surface area contributed by atoms with E-state index < -0.39 is 0 Å². The van der Waals surface area contributed by atoms with Crippen LogP contribution in [0.5, 0.6) is 0 Å². The second-order valence-corrected chi connectivity index (χ2v) is 5.61. The second kappa shape index (κ2) is 5.89. The lowest BCUT2D eigenvalue weighted by molar-refractivity contribution is 0.163. The molecule has 0 bridgehead atoms. The molecule has 0 radical (unpaired) electrons. The number of hydrogen-bond acceptors (Lipinski definition) is 3. The first-order valence-corrected chi connectivity index (χ1v) is 6.22. The Morgan fingerprint density at radius 3 is 2.77 bits per heavy atom. The topological polar surface area (TPSA) is 46.2 Å². The molecular weight excluding hydrogens is 182 g/mol. The Hall–Kier alpha value is 0.270. The van der Waals surface area contributed by atoms with Gasteiger partial charge >= 0.3 is 0 Å². The molecule has 1 rings (SSSR count). The summed E-state index contributed by atoms with van der Waals surface area (Å²) in [6, 6.07) is 0. The van der Waals surface area contributed by atoms with Crippen molar-refractivity contribution in [1.82, 2.24) is 0 Å². The van der Waals surface area contributed by atoms with E-state index in [0.717, 1.165) is 12.8 Å². The predicted molar refractivity (Wildman–Crippen MR) is 59.0 cm³/mol. The van der Waals surface area contributed by atoms with Gasteiger partial charge in [0.25, 0.3) is 0 Å². The van der Waals surface area contributed by atoms with Gasteiger partial charge in [-0.2, -0.15) is 11.8 Å². The van der Waals surface area contributed by atoms with Gasteiger partial charge in [-0.25, -0.2) is 0 Å². The third kappa shape index (κ3) is 3.88. The molecule has 0 heterocycles. The van der Waals surface area contributed by atoms with Crippen LogP contribution >= 0.6 is 11.8 Å². The van der Waals surface area contributed by atoms with Crippen molar-refractivity contribution in [3.8, 4) is 0 Å². The molecule has 0 aromatic carbocycles. The molecule has 0 aromatic heterocycles. The van der Waals surface area contributed by atoms with Crippen molar-refractivity contribution in [2.75, 3.05) is 6.54 Å². The van der Waals surface area contributed by atoms with Crippen LogP contribution in [0.4, 0.5) is 0 Å². The van der Waals surface area contributed by atoms with Crippen molar-refractivity contribution >= 4 is 11.8 Å². The van der Waals surface area contributed by atoms with Gasteiger partial charge in [-0.3, -0.25) is 0 Å². The predicted octanol–water partition coefficient (Wildman–Crippen LogP) is 1.76. The third-order valence-corrected chi connectivity index (χ3v) is 4.21. The van der Waals surface area contributed by atoms with E-state index in [1.165, 1.54) is 19.3 Å². The van der Waals surface area contributed by atoms with Gasteiger partial charge < -0.3 is 10.8 Å². The van der Waals surface area contributed by atoms with Crippen LogP contribution in [0.25, 0.3) is 0 Å². The van der Waals surface area contributed by atoms with Crippen molar-refractivity contribution < 1.29 is 5.11 Å². The Balaban J connectivity index is 2.35. The highest BCUT2D eigenvalue weighted by molar-refractivity contribution is 8.00. The molecule has 0 spiro atoms. The fourth-order valence-electron chi connectivity index (χ4n) is 1.77. The molecule has 3 atom stereocenters. The number of hydrogen-bond donors (Lipinski definition) is 2. The SMILES string of the molecule is CC(CN)SC1CCCCCC1O. The molecule has 78 valence electrons. The summed E-state index contributed by atoms with van der Waals surface area (Å²) in [6.45, 7) is 2.86. The van der Waals surface area contributed by atoms with Crippen LogP contribution in [0.3, 0.4) is 0 Å². The summed E-state index contributed by atoms with van der Waals surface area (Å²) in [7, 11) is 0. The maximum absolute atomic E-state index is 9.83. The van der Waals surface area contributed by atoms with E-state index in [-0.39, 0.29) is 6.10 Å². The molecule has 1 aliphatic rings. The molecule has 3 N–H and O–H groups in total. The summed E-state index contributed by atoms with van der Waals surface area (Å²) in [6.07, 6.45) is 5.79. The maximum atomic E-state index is 9.83. The lowest BCUT2D eigenvalue weighted by atomic mass is 10.1. The minimum absolute atomic E-state index is 0.0958. The molecule has 1 aliphatic carbocycles. The van der Waals surface area contributed by atoms with Crippen molar-refractivity contribution in [3.05, 3.63) is 0 Å². The number of aliphatic hydroxyl groups is 1. The molecule has 1 fully saturated rings. The third-order valence-electron chi connectivity index (χ3n) is 2.66. The normalized spacial score (nSPS) is 32.5. The van der Waals surface area contributed by atoms with Crippen LogP contribution in [0.2, 0.25) is 0 Å². The molecule has 0 aromatic rings. The van der Waals surface area contributed by atoms with Crippen molar-refractivity contribution in [3.63, 3.8) is 0 Å². The van der Waals surface area contributed by atoms with Crippen LogP contribution in [-0.4, -0.2) is 28.3 Å². The molecule has 2 nitrogen and oxygen atoms in total. The lowest BCUT2D eigenvalue weighted by Crippen LogP contribution is -2.26. The van der Waals surface area contributed by atoms with Crippen molar-refractivity contribution in [2.24, 2.45) is 5.73 Å². The van der Waals surface area contributed by atoms with E-state index in [1.807, 2.05) is 11.8 Å². The van der Waals surface area contributed by atoms with Crippen LogP contribution in [-0.2, 0) is 0 Å². The Morgan fingerprint density at radius 2 is 2.08 bits per heavy atom. The summed E-state index contributed by atoms with van der Waals surface area (Å²) >= 11 is 1.87. The molecule has 0 saturated heterocycles. The minimum atomic E-state index is -0.0958. The largest absolute Gasteiger partial charge is 0.392 e. The zero-order chi connectivity index (χ0) is 9.68. The number of rotatable bonds is 3. The van der Waals surface area contributed by atoms with Gasteiger partial charge in [0.1, 0.15) is 0 Å². The van der Waals surface area contributed by atoms with Crippen molar-refractivity contribution in [1.29, 1.82) is 0 Å². The van der Waals surface area contributed by atoms with Gasteiger partial charge in [-0.1, -0.05) is 26.2 Å². The molecule has 13 heavy (non-hydrogen) atoms. The number of aliphatic hydroxyl groups excluding tert-OH is 1. The molecule has 1 saturated carbocycles.